The standard InChI is InChI=1S/C23H25F3N4O2/c1-15-12-21(31)28-17-6-2-3-7-20(17)30(15)22(32)14-27-18-13-16(23(24,25)26)8-9-19(18)29-10-4-5-11-29/h2-3,6-9,13,15,27H,4-5,10-12,14H2,1H3,(H,28,31). The van der Waals surface area contributed by atoms with Crippen molar-refractivity contribution in [3.8, 4) is 0 Å². The van der Waals surface area contributed by atoms with Gasteiger partial charge in [-0.05, 0) is 50.1 Å². The maximum Gasteiger partial charge on any atom is 0.416 e. The van der Waals surface area contributed by atoms with Crippen LogP contribution in [-0.2, 0) is 15.8 Å². The summed E-state index contributed by atoms with van der Waals surface area (Å²) in [4.78, 5) is 28.9. The Morgan fingerprint density at radius 2 is 1.84 bits per heavy atom. The van der Waals surface area contributed by atoms with Crippen LogP contribution in [-0.4, -0.2) is 37.5 Å². The van der Waals surface area contributed by atoms with E-state index in [2.05, 4.69) is 10.6 Å². The molecule has 1 fully saturated rings. The van der Waals surface area contributed by atoms with Crippen molar-refractivity contribution in [3.05, 3.63) is 48.0 Å². The van der Waals surface area contributed by atoms with Gasteiger partial charge in [0, 0.05) is 25.6 Å². The zero-order chi connectivity index (χ0) is 22.9. The van der Waals surface area contributed by atoms with Gasteiger partial charge >= 0.3 is 6.18 Å². The second kappa shape index (κ2) is 8.72. The largest absolute Gasteiger partial charge is 0.416 e. The Bertz CT molecular complexity index is 1020. The molecule has 6 nitrogen and oxygen atoms in total. The van der Waals surface area contributed by atoms with Gasteiger partial charge in [0.2, 0.25) is 11.8 Å². The van der Waals surface area contributed by atoms with Gasteiger partial charge in [0.05, 0.1) is 34.9 Å². The van der Waals surface area contributed by atoms with Crippen LogP contribution >= 0.6 is 0 Å². The number of alkyl halides is 3. The van der Waals surface area contributed by atoms with Gasteiger partial charge in [-0.3, -0.25) is 9.59 Å². The van der Waals surface area contributed by atoms with E-state index >= 15 is 0 Å². The minimum absolute atomic E-state index is 0.128. The van der Waals surface area contributed by atoms with Crippen LogP contribution in [0.1, 0.15) is 31.7 Å². The fourth-order valence-electron chi connectivity index (χ4n) is 4.31. The molecule has 2 amide bonds. The Hall–Kier alpha value is -3.23. The Labute approximate surface area is 184 Å². The summed E-state index contributed by atoms with van der Waals surface area (Å²) in [7, 11) is 0. The Balaban J connectivity index is 1.60. The maximum atomic E-state index is 13.3. The Morgan fingerprint density at radius 1 is 1.12 bits per heavy atom. The van der Waals surface area contributed by atoms with Crippen LogP contribution in [0.25, 0.3) is 0 Å². The number of carbonyl (C=O) groups excluding carboxylic acids is 2. The van der Waals surface area contributed by atoms with Gasteiger partial charge in [-0.15, -0.1) is 0 Å². The van der Waals surface area contributed by atoms with Crippen molar-refractivity contribution < 1.29 is 22.8 Å². The number of benzene rings is 2. The average molecular weight is 446 g/mol. The van der Waals surface area contributed by atoms with Crippen LogP contribution < -0.4 is 20.4 Å². The molecule has 2 aliphatic rings. The summed E-state index contributed by atoms with van der Waals surface area (Å²) < 4.78 is 39.9. The van der Waals surface area contributed by atoms with E-state index in [-0.39, 0.29) is 30.5 Å². The molecule has 0 aromatic heterocycles. The van der Waals surface area contributed by atoms with E-state index in [0.29, 0.717) is 17.1 Å². The summed E-state index contributed by atoms with van der Waals surface area (Å²) in [5.74, 6) is -0.520. The highest BCUT2D eigenvalue weighted by Crippen LogP contribution is 2.37. The third-order valence-electron chi connectivity index (χ3n) is 5.83. The second-order valence-electron chi connectivity index (χ2n) is 8.16. The number of anilines is 4. The molecule has 0 aliphatic carbocycles. The van der Waals surface area contributed by atoms with E-state index in [1.807, 2.05) is 4.90 Å². The highest BCUT2D eigenvalue weighted by Gasteiger charge is 2.33. The van der Waals surface area contributed by atoms with E-state index in [1.165, 1.54) is 11.0 Å². The molecular formula is C23H25F3N4O2. The van der Waals surface area contributed by atoms with Crippen LogP contribution in [0.3, 0.4) is 0 Å². The van der Waals surface area contributed by atoms with Gasteiger partial charge in [0.1, 0.15) is 0 Å². The maximum absolute atomic E-state index is 13.3. The smallest absolute Gasteiger partial charge is 0.374 e. The predicted molar refractivity (Wildman–Crippen MR) is 118 cm³/mol. The van der Waals surface area contributed by atoms with Crippen LogP contribution in [0.15, 0.2) is 42.5 Å². The van der Waals surface area contributed by atoms with Crippen LogP contribution in [0, 0.1) is 0 Å². The third-order valence-corrected chi connectivity index (χ3v) is 5.83. The summed E-state index contributed by atoms with van der Waals surface area (Å²) in [6.45, 7) is 3.10. The highest BCUT2D eigenvalue weighted by atomic mass is 19.4. The van der Waals surface area contributed by atoms with Gasteiger partial charge < -0.3 is 20.4 Å². The number of hydrogen-bond acceptors (Lipinski definition) is 4. The number of fused-ring (bicyclic) bond motifs is 1. The zero-order valence-corrected chi connectivity index (χ0v) is 17.7. The molecule has 9 heteroatoms. The molecule has 2 heterocycles. The van der Waals surface area contributed by atoms with E-state index in [4.69, 9.17) is 0 Å². The van der Waals surface area contributed by atoms with Crippen LogP contribution in [0.2, 0.25) is 0 Å². The average Bonchev–Trinajstić information content (AvgIpc) is 3.23. The first kappa shape index (κ1) is 22.0. The summed E-state index contributed by atoms with van der Waals surface area (Å²) >= 11 is 0. The highest BCUT2D eigenvalue weighted by molar-refractivity contribution is 6.05. The molecule has 1 atom stereocenters. The summed E-state index contributed by atoms with van der Waals surface area (Å²) in [5, 5.41) is 5.74. The van der Waals surface area contributed by atoms with Crippen molar-refractivity contribution in [3.63, 3.8) is 0 Å². The number of carbonyl (C=O) groups is 2. The minimum Gasteiger partial charge on any atom is -0.374 e. The second-order valence-corrected chi connectivity index (χ2v) is 8.16. The predicted octanol–water partition coefficient (Wildman–Crippen LogP) is 4.48. The molecule has 2 aromatic carbocycles. The van der Waals surface area contributed by atoms with Crippen molar-refractivity contribution in [2.24, 2.45) is 0 Å². The SMILES string of the molecule is CC1CC(=O)Nc2ccccc2N1C(=O)CNc1cc(C(F)(F)F)ccc1N1CCCC1. The Kier molecular flexibility index (Phi) is 5.99. The first-order valence-corrected chi connectivity index (χ1v) is 10.6. The number of halogens is 3. The summed E-state index contributed by atoms with van der Waals surface area (Å²) in [6.07, 6.45) is -2.40. The summed E-state index contributed by atoms with van der Waals surface area (Å²) in [6, 6.07) is 10.2. The quantitative estimate of drug-likeness (QED) is 0.727. The molecule has 0 saturated carbocycles. The van der Waals surface area contributed by atoms with Crippen LogP contribution in [0.4, 0.5) is 35.9 Å². The molecule has 32 heavy (non-hydrogen) atoms. The first-order chi connectivity index (χ1) is 15.2. The summed E-state index contributed by atoms with van der Waals surface area (Å²) in [5.41, 5.74) is 1.27. The van der Waals surface area contributed by atoms with Crippen molar-refractivity contribution in [1.29, 1.82) is 0 Å². The molecule has 1 unspecified atom stereocenters. The van der Waals surface area contributed by atoms with Gasteiger partial charge in [-0.1, -0.05) is 12.1 Å². The van der Waals surface area contributed by atoms with Gasteiger partial charge in [-0.2, -0.15) is 13.2 Å². The normalized spacial score (nSPS) is 18.8. The van der Waals surface area contributed by atoms with E-state index < -0.39 is 17.8 Å². The zero-order valence-electron chi connectivity index (χ0n) is 17.7. The number of rotatable bonds is 4. The fourth-order valence-corrected chi connectivity index (χ4v) is 4.31. The molecule has 2 N–H and O–H groups in total. The van der Waals surface area contributed by atoms with Crippen molar-refractivity contribution >= 4 is 34.6 Å². The lowest BCUT2D eigenvalue weighted by Crippen LogP contribution is -2.42. The van der Waals surface area contributed by atoms with E-state index in [0.717, 1.165) is 38.1 Å². The number of para-hydroxylation sites is 2. The van der Waals surface area contributed by atoms with Gasteiger partial charge in [-0.25, -0.2) is 0 Å². The van der Waals surface area contributed by atoms with E-state index in [1.54, 1.807) is 31.2 Å². The molecule has 170 valence electrons. The van der Waals surface area contributed by atoms with Crippen molar-refractivity contribution in [1.82, 2.24) is 0 Å². The molecule has 0 radical (unpaired) electrons. The lowest BCUT2D eigenvalue weighted by atomic mass is 10.1. The lowest BCUT2D eigenvalue weighted by Gasteiger charge is -2.29. The molecule has 1 saturated heterocycles. The van der Waals surface area contributed by atoms with Gasteiger partial charge in [0.25, 0.3) is 0 Å². The number of nitrogens with one attached hydrogen (secondary N) is 2. The van der Waals surface area contributed by atoms with Gasteiger partial charge in [0.15, 0.2) is 0 Å². The monoisotopic (exact) mass is 446 g/mol. The third kappa shape index (κ3) is 4.51. The topological polar surface area (TPSA) is 64.7 Å². The molecule has 2 aromatic rings. The molecular weight excluding hydrogens is 421 g/mol. The number of amides is 2. The Morgan fingerprint density at radius 3 is 2.56 bits per heavy atom. The number of hydrogen-bond donors (Lipinski definition) is 2. The van der Waals surface area contributed by atoms with Crippen molar-refractivity contribution in [2.45, 2.75) is 38.4 Å². The molecule has 0 spiro atoms. The fraction of sp³-hybridized carbons (Fsp3) is 0.391. The molecule has 0 bridgehead atoms. The molecule has 2 aliphatic heterocycles. The molecule has 4 rings (SSSR count). The number of nitrogens with zero attached hydrogens (tertiary/aromatic N) is 2. The first-order valence-electron chi connectivity index (χ1n) is 10.6. The van der Waals surface area contributed by atoms with Crippen LogP contribution in [0.5, 0.6) is 0 Å². The lowest BCUT2D eigenvalue weighted by molar-refractivity contribution is -0.137. The minimum atomic E-state index is -4.48. The van der Waals surface area contributed by atoms with E-state index in [9.17, 15) is 22.8 Å². The van der Waals surface area contributed by atoms with Crippen molar-refractivity contribution in [2.75, 3.05) is 40.1 Å².